The molecular formula is C12H17O2S. The number of sulfone groups is 1. The fourth-order valence-electron chi connectivity index (χ4n) is 1.48. The van der Waals surface area contributed by atoms with Gasteiger partial charge in [0, 0.05) is 0 Å². The Morgan fingerprint density at radius 2 is 1.73 bits per heavy atom. The summed E-state index contributed by atoms with van der Waals surface area (Å²) in [5.74, 6) is 0. The van der Waals surface area contributed by atoms with Crippen molar-refractivity contribution >= 4 is 9.84 Å². The normalized spacial score (nSPS) is 12.7. The van der Waals surface area contributed by atoms with Crippen LogP contribution in [0.4, 0.5) is 0 Å². The van der Waals surface area contributed by atoms with Crippen LogP contribution in [0.25, 0.3) is 0 Å². The van der Waals surface area contributed by atoms with Gasteiger partial charge in [-0.2, -0.15) is 0 Å². The summed E-state index contributed by atoms with van der Waals surface area (Å²) in [4.78, 5) is 0.392. The highest BCUT2D eigenvalue weighted by molar-refractivity contribution is 7.92. The van der Waals surface area contributed by atoms with Crippen LogP contribution in [0.1, 0.15) is 26.7 Å². The first-order valence-corrected chi connectivity index (χ1v) is 6.49. The van der Waals surface area contributed by atoms with E-state index in [-0.39, 0.29) is 0 Å². The average Bonchev–Trinajstić information content (AvgIpc) is 2.19. The van der Waals surface area contributed by atoms with Crippen molar-refractivity contribution < 1.29 is 8.42 Å². The third kappa shape index (κ3) is 2.40. The molecule has 0 aliphatic heterocycles. The smallest absolute Gasteiger partial charge is 0.183 e. The molecule has 0 aromatic heterocycles. The minimum atomic E-state index is -3.24. The van der Waals surface area contributed by atoms with Gasteiger partial charge < -0.3 is 0 Å². The standard InChI is InChI=1S/C12H17O2S/c1-4-10-12(2,3)15(13,14)11-8-6-5-7-9-11/h5-9H,1,4,10H2,2-3H3. The van der Waals surface area contributed by atoms with Crippen molar-refractivity contribution in [2.75, 3.05) is 0 Å². The van der Waals surface area contributed by atoms with Gasteiger partial charge in [-0.1, -0.05) is 31.5 Å². The zero-order valence-electron chi connectivity index (χ0n) is 9.23. The van der Waals surface area contributed by atoms with Gasteiger partial charge in [0.05, 0.1) is 9.64 Å². The quantitative estimate of drug-likeness (QED) is 0.789. The van der Waals surface area contributed by atoms with Crippen molar-refractivity contribution in [2.24, 2.45) is 0 Å². The highest BCUT2D eigenvalue weighted by atomic mass is 32.2. The van der Waals surface area contributed by atoms with Crippen LogP contribution in [0.5, 0.6) is 0 Å². The Labute approximate surface area is 92.2 Å². The van der Waals surface area contributed by atoms with Gasteiger partial charge in [-0.25, -0.2) is 8.42 Å². The van der Waals surface area contributed by atoms with Crippen molar-refractivity contribution in [1.82, 2.24) is 0 Å². The lowest BCUT2D eigenvalue weighted by atomic mass is 10.1. The maximum atomic E-state index is 12.2. The van der Waals surface area contributed by atoms with Crippen LogP contribution >= 0.6 is 0 Å². The molecule has 1 aromatic carbocycles. The molecule has 0 spiro atoms. The number of hydrogen-bond acceptors (Lipinski definition) is 2. The van der Waals surface area contributed by atoms with Crippen molar-refractivity contribution in [3.8, 4) is 0 Å². The molecule has 83 valence electrons. The molecule has 0 aliphatic carbocycles. The predicted molar refractivity (Wildman–Crippen MR) is 62.3 cm³/mol. The van der Waals surface area contributed by atoms with Gasteiger partial charge in [-0.3, -0.25) is 0 Å². The van der Waals surface area contributed by atoms with Gasteiger partial charge in [0.1, 0.15) is 0 Å². The van der Waals surface area contributed by atoms with E-state index in [1.54, 1.807) is 38.1 Å². The molecule has 1 radical (unpaired) electrons. The van der Waals surface area contributed by atoms with Crippen LogP contribution in [0.3, 0.4) is 0 Å². The van der Waals surface area contributed by atoms with Crippen LogP contribution in [0.2, 0.25) is 0 Å². The Kier molecular flexibility index (Phi) is 3.55. The van der Waals surface area contributed by atoms with Crippen LogP contribution in [-0.2, 0) is 9.84 Å². The lowest BCUT2D eigenvalue weighted by Crippen LogP contribution is -2.31. The molecule has 0 unspecified atom stereocenters. The first-order valence-electron chi connectivity index (χ1n) is 5.01. The number of benzene rings is 1. The third-order valence-electron chi connectivity index (χ3n) is 2.56. The van der Waals surface area contributed by atoms with E-state index in [1.165, 1.54) is 0 Å². The second kappa shape index (κ2) is 4.35. The molecule has 3 heteroatoms. The van der Waals surface area contributed by atoms with Crippen LogP contribution in [0.15, 0.2) is 35.2 Å². The molecule has 0 amide bonds. The molecule has 0 atom stereocenters. The maximum Gasteiger partial charge on any atom is 0.183 e. The Morgan fingerprint density at radius 3 is 2.20 bits per heavy atom. The fourth-order valence-corrected chi connectivity index (χ4v) is 3.05. The van der Waals surface area contributed by atoms with E-state index in [4.69, 9.17) is 0 Å². The predicted octanol–water partition coefficient (Wildman–Crippen LogP) is 2.85. The summed E-state index contributed by atoms with van der Waals surface area (Å²) in [5, 5.41) is 0. The molecule has 1 rings (SSSR count). The van der Waals surface area contributed by atoms with Gasteiger partial charge in [0.15, 0.2) is 9.84 Å². The number of hydrogen-bond donors (Lipinski definition) is 0. The summed E-state index contributed by atoms with van der Waals surface area (Å²) < 4.78 is 23.7. The zero-order chi connectivity index (χ0) is 11.5. The maximum absolute atomic E-state index is 12.2. The molecular weight excluding hydrogens is 208 g/mol. The zero-order valence-corrected chi connectivity index (χ0v) is 10.0. The van der Waals surface area contributed by atoms with E-state index in [0.717, 1.165) is 0 Å². The molecule has 0 heterocycles. The highest BCUT2D eigenvalue weighted by Crippen LogP contribution is 2.28. The SMILES string of the molecule is [CH2]CCC(C)(C)S(=O)(=O)c1ccccc1. The summed E-state index contributed by atoms with van der Waals surface area (Å²) >= 11 is 0. The van der Waals surface area contributed by atoms with Crippen LogP contribution in [-0.4, -0.2) is 13.2 Å². The summed E-state index contributed by atoms with van der Waals surface area (Å²) in [6.45, 7) is 7.21. The summed E-state index contributed by atoms with van der Waals surface area (Å²) in [5.41, 5.74) is 0. The molecule has 0 saturated carbocycles. The van der Waals surface area contributed by atoms with E-state index in [0.29, 0.717) is 17.7 Å². The van der Waals surface area contributed by atoms with Crippen molar-refractivity contribution in [1.29, 1.82) is 0 Å². The second-order valence-electron chi connectivity index (χ2n) is 4.18. The minimum Gasteiger partial charge on any atom is -0.223 e. The van der Waals surface area contributed by atoms with Crippen molar-refractivity contribution in [3.63, 3.8) is 0 Å². The molecule has 0 N–H and O–H groups in total. The van der Waals surface area contributed by atoms with E-state index < -0.39 is 14.6 Å². The summed E-state index contributed by atoms with van der Waals surface area (Å²) in [7, 11) is -3.24. The molecule has 1 aromatic rings. The molecule has 0 aliphatic rings. The topological polar surface area (TPSA) is 34.1 Å². The second-order valence-corrected chi connectivity index (χ2v) is 6.76. The van der Waals surface area contributed by atoms with Crippen LogP contribution < -0.4 is 0 Å². The first-order chi connectivity index (χ1) is 6.92. The third-order valence-corrected chi connectivity index (χ3v) is 5.11. The molecule has 15 heavy (non-hydrogen) atoms. The average molecular weight is 225 g/mol. The molecule has 0 saturated heterocycles. The molecule has 2 nitrogen and oxygen atoms in total. The Morgan fingerprint density at radius 1 is 1.20 bits per heavy atom. The van der Waals surface area contributed by atoms with Gasteiger partial charge in [0.25, 0.3) is 0 Å². The van der Waals surface area contributed by atoms with Crippen LogP contribution in [0, 0.1) is 6.92 Å². The Hall–Kier alpha value is -0.830. The van der Waals surface area contributed by atoms with Crippen molar-refractivity contribution in [2.45, 2.75) is 36.3 Å². The summed E-state index contributed by atoms with van der Waals surface area (Å²) in [6.07, 6.45) is 1.20. The van der Waals surface area contributed by atoms with E-state index >= 15 is 0 Å². The number of rotatable bonds is 4. The first kappa shape index (κ1) is 12.2. The Bertz CT molecular complexity index is 405. The van der Waals surface area contributed by atoms with E-state index in [2.05, 4.69) is 6.92 Å². The van der Waals surface area contributed by atoms with Gasteiger partial charge in [-0.05, 0) is 32.4 Å². The van der Waals surface area contributed by atoms with E-state index in [9.17, 15) is 8.42 Å². The van der Waals surface area contributed by atoms with Gasteiger partial charge in [-0.15, -0.1) is 0 Å². The minimum absolute atomic E-state index is 0.392. The Balaban J connectivity index is 3.14. The lowest BCUT2D eigenvalue weighted by Gasteiger charge is -2.24. The summed E-state index contributed by atoms with van der Waals surface area (Å²) in [6, 6.07) is 8.58. The van der Waals surface area contributed by atoms with E-state index in [1.807, 2.05) is 6.07 Å². The largest absolute Gasteiger partial charge is 0.223 e. The molecule has 0 fully saturated rings. The van der Waals surface area contributed by atoms with Crippen molar-refractivity contribution in [3.05, 3.63) is 37.3 Å². The monoisotopic (exact) mass is 225 g/mol. The van der Waals surface area contributed by atoms with Gasteiger partial charge >= 0.3 is 0 Å². The molecule has 0 bridgehead atoms. The highest BCUT2D eigenvalue weighted by Gasteiger charge is 2.34. The fraction of sp³-hybridized carbons (Fsp3) is 0.417. The lowest BCUT2D eigenvalue weighted by molar-refractivity contribution is 0.529. The van der Waals surface area contributed by atoms with Gasteiger partial charge in [0.2, 0.25) is 0 Å².